The lowest BCUT2D eigenvalue weighted by molar-refractivity contribution is -0.141. The van der Waals surface area contributed by atoms with Crippen LogP contribution < -0.4 is 0 Å². The molecule has 0 fully saturated rings. The number of carbonyl (C=O) groups excluding carboxylic acids is 1. The number of imidazole rings is 1. The van der Waals surface area contributed by atoms with E-state index in [0.29, 0.717) is 20.4 Å². The van der Waals surface area contributed by atoms with Crippen molar-refractivity contribution in [2.24, 2.45) is 0 Å². The van der Waals surface area contributed by atoms with Gasteiger partial charge in [0.15, 0.2) is 0 Å². The van der Waals surface area contributed by atoms with E-state index in [1.54, 1.807) is 17.6 Å². The van der Waals surface area contributed by atoms with Crippen LogP contribution in [0.15, 0.2) is 12.1 Å². The van der Waals surface area contributed by atoms with Gasteiger partial charge in [-0.15, -0.1) is 11.6 Å². The Kier molecular flexibility index (Phi) is 4.29. The first kappa shape index (κ1) is 14.5. The predicted octanol–water partition coefficient (Wildman–Crippen LogP) is 3.25. The lowest BCUT2D eigenvalue weighted by Gasteiger charge is -2.09. The van der Waals surface area contributed by atoms with Crippen LogP contribution in [-0.4, -0.2) is 22.6 Å². The third-order valence-corrected chi connectivity index (χ3v) is 3.71. The van der Waals surface area contributed by atoms with Gasteiger partial charge in [0.25, 0.3) is 0 Å². The molecular weight excluding hydrogens is 385 g/mol. The molecule has 0 radical (unpaired) electrons. The molecule has 102 valence electrons. The first-order valence-electron chi connectivity index (χ1n) is 5.50. The topological polar surface area (TPSA) is 44.1 Å². The maximum absolute atomic E-state index is 13.7. The lowest BCUT2D eigenvalue weighted by Crippen LogP contribution is -2.14. The number of carbonyl (C=O) groups is 1. The highest BCUT2D eigenvalue weighted by Crippen LogP contribution is 2.27. The average molecular weight is 397 g/mol. The number of alkyl halides is 1. The molecule has 7 heteroatoms. The molecule has 2 rings (SSSR count). The van der Waals surface area contributed by atoms with Gasteiger partial charge in [0.05, 0.1) is 27.1 Å². The summed E-state index contributed by atoms with van der Waals surface area (Å²) in [5, 5.41) is -0.391. The van der Waals surface area contributed by atoms with Crippen LogP contribution in [0.4, 0.5) is 4.39 Å². The zero-order valence-electron chi connectivity index (χ0n) is 10.3. The predicted molar refractivity (Wildman–Crippen MR) is 78.7 cm³/mol. The number of methoxy groups -OCH3 is 1. The number of aromatic nitrogens is 2. The molecule has 0 bridgehead atoms. The molecule has 0 amide bonds. The van der Waals surface area contributed by atoms with Gasteiger partial charge in [-0.25, -0.2) is 9.37 Å². The van der Waals surface area contributed by atoms with Crippen molar-refractivity contribution in [3.63, 3.8) is 0 Å². The van der Waals surface area contributed by atoms with Gasteiger partial charge in [0.1, 0.15) is 18.2 Å². The van der Waals surface area contributed by atoms with E-state index in [1.165, 1.54) is 13.2 Å². The first-order chi connectivity index (χ1) is 8.93. The summed E-state index contributed by atoms with van der Waals surface area (Å²) in [6.07, 6.45) is 0. The lowest BCUT2D eigenvalue weighted by atomic mass is 10.3. The van der Waals surface area contributed by atoms with Crippen molar-refractivity contribution in [1.82, 2.24) is 9.55 Å². The van der Waals surface area contributed by atoms with Crippen LogP contribution in [0.25, 0.3) is 11.0 Å². The molecule has 0 aliphatic heterocycles. The summed E-state index contributed by atoms with van der Waals surface area (Å²) >= 11 is 7.95. The smallest absolute Gasteiger partial charge is 0.325 e. The Bertz CT molecular complexity index is 642. The molecule has 2 aromatic rings. The maximum Gasteiger partial charge on any atom is 0.325 e. The van der Waals surface area contributed by atoms with Gasteiger partial charge >= 0.3 is 5.97 Å². The summed E-state index contributed by atoms with van der Waals surface area (Å²) in [6.45, 7) is 1.71. The van der Waals surface area contributed by atoms with E-state index in [0.717, 1.165) is 0 Å². The van der Waals surface area contributed by atoms with Gasteiger partial charge in [-0.2, -0.15) is 0 Å². The van der Waals surface area contributed by atoms with Crippen LogP contribution in [-0.2, 0) is 16.1 Å². The fourth-order valence-corrected chi connectivity index (χ4v) is 2.42. The van der Waals surface area contributed by atoms with Crippen LogP contribution >= 0.6 is 34.2 Å². The summed E-state index contributed by atoms with van der Waals surface area (Å²) < 4.78 is 20.4. The molecule has 1 heterocycles. The first-order valence-corrected chi connectivity index (χ1v) is 7.01. The molecule has 4 nitrogen and oxygen atoms in total. The highest BCUT2D eigenvalue weighted by atomic mass is 127. The molecule has 0 aliphatic rings. The molecule has 1 aromatic carbocycles. The molecule has 0 saturated heterocycles. The number of esters is 1. The minimum atomic E-state index is -0.433. The molecule has 0 aliphatic carbocycles. The number of fused-ring (bicyclic) bond motifs is 1. The van der Waals surface area contributed by atoms with E-state index in [4.69, 9.17) is 11.6 Å². The molecule has 1 aromatic heterocycles. The highest BCUT2D eigenvalue weighted by Gasteiger charge is 2.18. The second kappa shape index (κ2) is 5.62. The molecule has 1 atom stereocenters. The number of ether oxygens (including phenoxy) is 1. The molecule has 0 N–H and O–H groups in total. The molecule has 0 spiro atoms. The zero-order chi connectivity index (χ0) is 14.2. The highest BCUT2D eigenvalue weighted by molar-refractivity contribution is 14.1. The SMILES string of the molecule is COC(=O)Cn1c(C(C)Cl)nc2cc(I)c(F)cc21. The van der Waals surface area contributed by atoms with Gasteiger partial charge in [0.2, 0.25) is 0 Å². The second-order valence-electron chi connectivity index (χ2n) is 4.00. The van der Waals surface area contributed by atoms with Crippen molar-refractivity contribution >= 4 is 51.2 Å². The van der Waals surface area contributed by atoms with Gasteiger partial charge in [-0.3, -0.25) is 4.79 Å². The van der Waals surface area contributed by atoms with E-state index in [1.807, 2.05) is 22.6 Å². The van der Waals surface area contributed by atoms with Gasteiger partial charge in [-0.05, 0) is 35.6 Å². The van der Waals surface area contributed by atoms with E-state index in [2.05, 4.69) is 9.72 Å². The minimum Gasteiger partial charge on any atom is -0.468 e. The Morgan fingerprint density at radius 3 is 2.89 bits per heavy atom. The van der Waals surface area contributed by atoms with Gasteiger partial charge in [-0.1, -0.05) is 0 Å². The Hall–Kier alpha value is -0.890. The van der Waals surface area contributed by atoms with Crippen molar-refractivity contribution in [2.75, 3.05) is 7.11 Å². The summed E-state index contributed by atoms with van der Waals surface area (Å²) in [6, 6.07) is 2.98. The Morgan fingerprint density at radius 2 is 2.32 bits per heavy atom. The fraction of sp³-hybridized carbons (Fsp3) is 0.333. The largest absolute Gasteiger partial charge is 0.468 e. The Labute approximate surface area is 128 Å². The number of hydrogen-bond acceptors (Lipinski definition) is 3. The van der Waals surface area contributed by atoms with Crippen molar-refractivity contribution in [3.05, 3.63) is 27.3 Å². The van der Waals surface area contributed by atoms with E-state index >= 15 is 0 Å². The van der Waals surface area contributed by atoms with Crippen molar-refractivity contribution in [2.45, 2.75) is 18.8 Å². The van der Waals surface area contributed by atoms with Crippen LogP contribution in [0.3, 0.4) is 0 Å². The van der Waals surface area contributed by atoms with E-state index < -0.39 is 11.3 Å². The van der Waals surface area contributed by atoms with Crippen LogP contribution in [0.1, 0.15) is 18.1 Å². The van der Waals surface area contributed by atoms with E-state index in [9.17, 15) is 9.18 Å². The molecule has 1 unspecified atom stereocenters. The van der Waals surface area contributed by atoms with E-state index in [-0.39, 0.29) is 12.4 Å². The number of rotatable bonds is 3. The number of halogens is 3. The van der Waals surface area contributed by atoms with Crippen molar-refractivity contribution < 1.29 is 13.9 Å². The summed E-state index contributed by atoms with van der Waals surface area (Å²) in [5.74, 6) is -0.270. The monoisotopic (exact) mass is 396 g/mol. The summed E-state index contributed by atoms with van der Waals surface area (Å²) in [7, 11) is 1.30. The molecular formula is C12H11ClFIN2O2. The van der Waals surface area contributed by atoms with Crippen molar-refractivity contribution in [1.29, 1.82) is 0 Å². The van der Waals surface area contributed by atoms with Gasteiger partial charge in [0, 0.05) is 6.07 Å². The standard InChI is InChI=1S/C12H11ClFIN2O2/c1-6(13)12-16-9-4-8(15)7(14)3-10(9)17(12)5-11(18)19-2/h3-4,6H,5H2,1-2H3. The zero-order valence-corrected chi connectivity index (χ0v) is 13.2. The minimum absolute atomic E-state index is 0.0422. The number of nitrogens with zero attached hydrogens (tertiary/aromatic N) is 2. The maximum atomic E-state index is 13.7. The quantitative estimate of drug-likeness (QED) is 0.454. The normalized spacial score (nSPS) is 12.7. The number of benzene rings is 1. The fourth-order valence-electron chi connectivity index (χ4n) is 1.80. The molecule has 0 saturated carbocycles. The number of hydrogen-bond donors (Lipinski definition) is 0. The van der Waals surface area contributed by atoms with Crippen molar-refractivity contribution in [3.8, 4) is 0 Å². The Morgan fingerprint density at radius 1 is 1.63 bits per heavy atom. The summed E-state index contributed by atoms with van der Waals surface area (Å²) in [4.78, 5) is 15.8. The third kappa shape index (κ3) is 2.84. The van der Waals surface area contributed by atoms with Crippen LogP contribution in [0.2, 0.25) is 0 Å². The van der Waals surface area contributed by atoms with Crippen LogP contribution in [0, 0.1) is 9.39 Å². The van der Waals surface area contributed by atoms with Gasteiger partial charge < -0.3 is 9.30 Å². The second-order valence-corrected chi connectivity index (χ2v) is 5.82. The third-order valence-electron chi connectivity index (χ3n) is 2.69. The molecule has 19 heavy (non-hydrogen) atoms. The Balaban J connectivity index is 2.65. The van der Waals surface area contributed by atoms with Crippen LogP contribution in [0.5, 0.6) is 0 Å². The summed E-state index contributed by atoms with van der Waals surface area (Å²) in [5.41, 5.74) is 1.14. The average Bonchev–Trinajstić information content (AvgIpc) is 2.68.